The average molecular weight is 420 g/mol. The van der Waals surface area contributed by atoms with Crippen molar-refractivity contribution >= 4 is 40.7 Å². The first kappa shape index (κ1) is 22.0. The molecular weight excluding hydrogens is 394 g/mol. The Morgan fingerprint density at radius 2 is 2.06 bits per heavy atom. The van der Waals surface area contributed by atoms with Gasteiger partial charge in [-0.15, -0.1) is 5.10 Å². The van der Waals surface area contributed by atoms with E-state index in [1.165, 1.54) is 13.3 Å². The molecule has 3 aromatic heterocycles. The third-order valence-electron chi connectivity index (χ3n) is 4.68. The molecular formula is C22H26N7O2+. The Morgan fingerprint density at radius 3 is 2.77 bits per heavy atom. The maximum atomic E-state index is 10.9. The lowest BCUT2D eigenvalue weighted by molar-refractivity contribution is -0.459. The van der Waals surface area contributed by atoms with Crippen LogP contribution in [0.25, 0.3) is 16.6 Å². The second kappa shape index (κ2) is 10.4. The Labute approximate surface area is 180 Å². The number of aldehydes is 1. The van der Waals surface area contributed by atoms with Gasteiger partial charge in [0, 0.05) is 25.1 Å². The molecule has 1 unspecified atom stereocenters. The summed E-state index contributed by atoms with van der Waals surface area (Å²) in [6.45, 7) is 4.54. The second-order valence-electron chi connectivity index (χ2n) is 7.20. The molecule has 31 heavy (non-hydrogen) atoms. The van der Waals surface area contributed by atoms with E-state index in [4.69, 9.17) is 10.5 Å². The number of nitrogens with zero attached hydrogens (tertiary/aromatic N) is 4. The molecule has 0 aliphatic heterocycles. The van der Waals surface area contributed by atoms with Gasteiger partial charge in [-0.25, -0.2) is 9.98 Å². The molecule has 0 aliphatic carbocycles. The molecule has 4 N–H and O–H groups in total. The van der Waals surface area contributed by atoms with Gasteiger partial charge in [0.2, 0.25) is 0 Å². The summed E-state index contributed by atoms with van der Waals surface area (Å²) in [4.78, 5) is 23.0. The number of hydrogen-bond donors (Lipinski definition) is 3. The summed E-state index contributed by atoms with van der Waals surface area (Å²) < 4.78 is 5.02. The van der Waals surface area contributed by atoms with Crippen LogP contribution in [0.15, 0.2) is 42.9 Å². The van der Waals surface area contributed by atoms with E-state index in [0.29, 0.717) is 35.2 Å². The van der Waals surface area contributed by atoms with Gasteiger partial charge in [-0.05, 0) is 35.7 Å². The normalized spacial score (nSPS) is 13.1. The fourth-order valence-electron chi connectivity index (χ4n) is 2.82. The van der Waals surface area contributed by atoms with E-state index in [9.17, 15) is 4.79 Å². The number of aromatic nitrogens is 4. The van der Waals surface area contributed by atoms with Gasteiger partial charge in [0.1, 0.15) is 5.82 Å². The van der Waals surface area contributed by atoms with Crippen LogP contribution in [-0.2, 0) is 9.53 Å². The molecule has 0 spiro atoms. The largest absolute Gasteiger partial charge is 0.404 e. The number of anilines is 2. The zero-order valence-electron chi connectivity index (χ0n) is 17.7. The van der Waals surface area contributed by atoms with E-state index in [1.54, 1.807) is 18.6 Å². The van der Waals surface area contributed by atoms with E-state index in [1.807, 2.05) is 24.3 Å². The summed E-state index contributed by atoms with van der Waals surface area (Å²) in [6.07, 6.45) is 6.87. The number of carbonyl (C=O) groups excluding carboxylic acids is 1. The molecule has 160 valence electrons. The molecule has 3 rings (SSSR count). The van der Waals surface area contributed by atoms with E-state index in [-0.39, 0.29) is 0 Å². The van der Waals surface area contributed by atoms with E-state index in [2.05, 4.69) is 44.3 Å². The van der Waals surface area contributed by atoms with E-state index < -0.39 is 6.10 Å². The van der Waals surface area contributed by atoms with Crippen LogP contribution in [0, 0.1) is 0 Å². The molecule has 1 atom stereocenters. The highest BCUT2D eigenvalue weighted by atomic mass is 16.5. The number of hydrogen-bond acceptors (Lipinski definition) is 8. The minimum atomic E-state index is -0.530. The first-order valence-corrected chi connectivity index (χ1v) is 9.87. The van der Waals surface area contributed by atoms with Gasteiger partial charge in [-0.3, -0.25) is 4.98 Å². The first-order chi connectivity index (χ1) is 15.0. The van der Waals surface area contributed by atoms with Crippen LogP contribution in [0.1, 0.15) is 30.9 Å². The number of fused-ring (bicyclic) bond motifs is 1. The summed E-state index contributed by atoms with van der Waals surface area (Å²) in [5, 5.41) is 11.4. The number of methoxy groups -OCH3 is 1. The van der Waals surface area contributed by atoms with Crippen molar-refractivity contribution in [2.75, 3.05) is 19.0 Å². The number of ether oxygens (including phenoxy) is 1. The zero-order valence-corrected chi connectivity index (χ0v) is 17.7. The SMILES string of the molecule is COC(C=O)C[NH+]=CC(=CN)c1cnc2ccc(Nc3cc(C(C)C)cnn3)nc2c1. The fourth-order valence-corrected chi connectivity index (χ4v) is 2.82. The Hall–Kier alpha value is -3.72. The Balaban J connectivity index is 1.83. The topological polar surface area (TPSA) is 130 Å². The molecule has 9 nitrogen and oxygen atoms in total. The molecule has 3 heterocycles. The van der Waals surface area contributed by atoms with Gasteiger partial charge >= 0.3 is 0 Å². The Bertz CT molecular complexity index is 1110. The highest BCUT2D eigenvalue weighted by Crippen LogP contribution is 2.21. The third-order valence-corrected chi connectivity index (χ3v) is 4.68. The molecule has 0 aliphatic rings. The lowest BCUT2D eigenvalue weighted by atomic mass is 10.1. The molecule has 0 amide bonds. The maximum absolute atomic E-state index is 10.9. The summed E-state index contributed by atoms with van der Waals surface area (Å²) in [6, 6.07) is 7.58. The lowest BCUT2D eigenvalue weighted by Gasteiger charge is -2.09. The van der Waals surface area contributed by atoms with Crippen LogP contribution in [0.2, 0.25) is 0 Å². The van der Waals surface area contributed by atoms with Crippen molar-refractivity contribution < 1.29 is 14.5 Å². The number of pyridine rings is 2. The van der Waals surface area contributed by atoms with Crippen molar-refractivity contribution in [3.8, 4) is 0 Å². The van der Waals surface area contributed by atoms with E-state index >= 15 is 0 Å². The third kappa shape index (κ3) is 5.67. The van der Waals surface area contributed by atoms with E-state index in [0.717, 1.165) is 22.9 Å². The summed E-state index contributed by atoms with van der Waals surface area (Å²) in [5.74, 6) is 1.62. The summed E-state index contributed by atoms with van der Waals surface area (Å²) in [7, 11) is 1.48. The minimum Gasteiger partial charge on any atom is -0.404 e. The van der Waals surface area contributed by atoms with Crippen LogP contribution in [0.3, 0.4) is 0 Å². The first-order valence-electron chi connectivity index (χ1n) is 9.87. The number of nitrogens with one attached hydrogen (secondary N) is 2. The molecule has 0 saturated carbocycles. The van der Waals surface area contributed by atoms with Crippen LogP contribution >= 0.6 is 0 Å². The average Bonchev–Trinajstić information content (AvgIpc) is 2.79. The predicted molar refractivity (Wildman–Crippen MR) is 120 cm³/mol. The monoisotopic (exact) mass is 420 g/mol. The van der Waals surface area contributed by atoms with Gasteiger partial charge in [-0.1, -0.05) is 13.8 Å². The molecule has 0 saturated heterocycles. The number of rotatable bonds is 9. The highest BCUT2D eigenvalue weighted by molar-refractivity contribution is 6.07. The van der Waals surface area contributed by atoms with Crippen molar-refractivity contribution in [1.29, 1.82) is 0 Å². The lowest BCUT2D eigenvalue weighted by Crippen LogP contribution is -2.72. The van der Waals surface area contributed by atoms with Crippen LogP contribution in [0.4, 0.5) is 11.6 Å². The number of allylic oxidation sites excluding steroid dienone is 1. The molecule has 0 aromatic carbocycles. The van der Waals surface area contributed by atoms with Gasteiger partial charge in [0.15, 0.2) is 31.0 Å². The Morgan fingerprint density at radius 1 is 1.23 bits per heavy atom. The highest BCUT2D eigenvalue weighted by Gasteiger charge is 2.10. The Kier molecular flexibility index (Phi) is 7.34. The standard InChI is InChI=1S/C22H25N7O2/c1-14(2)15-7-22(29-26-11-15)28-21-5-4-19-20(27-21)6-16(10-25-19)17(8-23)9-24-12-18(13-30)31-3/h4-11,13-14,18H,12,23H2,1-3H3,(H,27,28,29)/p+1. The van der Waals surface area contributed by atoms with Gasteiger partial charge in [-0.2, -0.15) is 5.10 Å². The molecule has 3 aromatic rings. The summed E-state index contributed by atoms with van der Waals surface area (Å²) >= 11 is 0. The van der Waals surface area contributed by atoms with Gasteiger partial charge in [0.05, 0.1) is 22.8 Å². The number of nitrogens with two attached hydrogens (primary N) is 1. The van der Waals surface area contributed by atoms with Crippen LogP contribution in [-0.4, -0.2) is 52.4 Å². The van der Waals surface area contributed by atoms with Crippen molar-refractivity contribution in [2.24, 2.45) is 5.73 Å². The van der Waals surface area contributed by atoms with Crippen LogP contribution < -0.4 is 16.0 Å². The van der Waals surface area contributed by atoms with Gasteiger partial charge < -0.3 is 20.6 Å². The minimum absolute atomic E-state index is 0.334. The molecule has 9 heteroatoms. The maximum Gasteiger partial charge on any atom is 0.173 e. The number of carbonyl (C=O) groups is 1. The quantitative estimate of drug-likeness (QED) is 0.345. The smallest absolute Gasteiger partial charge is 0.173 e. The van der Waals surface area contributed by atoms with Gasteiger partial charge in [0.25, 0.3) is 0 Å². The zero-order chi connectivity index (χ0) is 22.2. The van der Waals surface area contributed by atoms with Crippen molar-refractivity contribution in [3.63, 3.8) is 0 Å². The van der Waals surface area contributed by atoms with Crippen molar-refractivity contribution in [2.45, 2.75) is 25.9 Å². The summed E-state index contributed by atoms with van der Waals surface area (Å²) in [5.41, 5.74) is 9.83. The molecule has 0 radical (unpaired) electrons. The van der Waals surface area contributed by atoms with Crippen LogP contribution in [0.5, 0.6) is 0 Å². The second-order valence-corrected chi connectivity index (χ2v) is 7.20. The van der Waals surface area contributed by atoms with Crippen molar-refractivity contribution in [1.82, 2.24) is 20.2 Å². The fraction of sp³-hybridized carbons (Fsp3) is 0.273. The van der Waals surface area contributed by atoms with Crippen molar-refractivity contribution in [3.05, 3.63) is 54.0 Å². The molecule has 0 bridgehead atoms. The predicted octanol–water partition coefficient (Wildman–Crippen LogP) is 0.952. The molecule has 0 fully saturated rings.